The second-order valence-electron chi connectivity index (χ2n) is 3.76. The molecular formula is C10H15F3N2. The number of halogens is 3. The fraction of sp³-hybridized carbons (Fsp3) is 0.700. The van der Waals surface area contributed by atoms with E-state index in [2.05, 4.69) is 5.10 Å². The van der Waals surface area contributed by atoms with Crippen molar-refractivity contribution in [3.8, 4) is 0 Å². The highest BCUT2D eigenvalue weighted by Crippen LogP contribution is 2.35. The summed E-state index contributed by atoms with van der Waals surface area (Å²) in [4.78, 5) is 0. The predicted octanol–water partition coefficient (Wildman–Crippen LogP) is 3.34. The van der Waals surface area contributed by atoms with E-state index in [1.807, 2.05) is 6.92 Å². The predicted molar refractivity (Wildman–Crippen MR) is 51.5 cm³/mol. The summed E-state index contributed by atoms with van der Waals surface area (Å²) < 4.78 is 39.0. The molecule has 0 saturated heterocycles. The Morgan fingerprint density at radius 1 is 1.47 bits per heavy atom. The summed E-state index contributed by atoms with van der Waals surface area (Å²) in [5.74, 6) is -0.0969. The molecule has 1 atom stereocenters. The quantitative estimate of drug-likeness (QED) is 0.763. The molecule has 86 valence electrons. The van der Waals surface area contributed by atoms with Gasteiger partial charge in [-0.25, -0.2) is 0 Å². The van der Waals surface area contributed by atoms with Gasteiger partial charge in [0.25, 0.3) is 0 Å². The van der Waals surface area contributed by atoms with Gasteiger partial charge in [0.2, 0.25) is 0 Å². The number of aromatic nitrogens is 2. The maximum Gasteiger partial charge on any atom is 0.433 e. The lowest BCUT2D eigenvalue weighted by Gasteiger charge is -2.14. The first-order valence-electron chi connectivity index (χ1n) is 4.97. The maximum atomic E-state index is 12.7. The Kier molecular flexibility index (Phi) is 3.42. The molecule has 0 spiro atoms. The Morgan fingerprint density at radius 2 is 2.07 bits per heavy atom. The van der Waals surface area contributed by atoms with Crippen molar-refractivity contribution in [1.82, 2.24) is 9.78 Å². The molecular weight excluding hydrogens is 205 g/mol. The SMILES string of the molecule is CCCC(C)c1cnn(C)c1C(F)(F)F. The van der Waals surface area contributed by atoms with E-state index >= 15 is 0 Å². The number of alkyl halides is 3. The van der Waals surface area contributed by atoms with Gasteiger partial charge in [-0.05, 0) is 12.3 Å². The van der Waals surface area contributed by atoms with Gasteiger partial charge < -0.3 is 0 Å². The summed E-state index contributed by atoms with van der Waals surface area (Å²) in [6, 6.07) is 0. The first-order valence-corrected chi connectivity index (χ1v) is 4.97. The fourth-order valence-electron chi connectivity index (χ4n) is 1.75. The van der Waals surface area contributed by atoms with E-state index in [9.17, 15) is 13.2 Å². The zero-order chi connectivity index (χ0) is 11.6. The number of hydrogen-bond donors (Lipinski definition) is 0. The van der Waals surface area contributed by atoms with Gasteiger partial charge in [-0.1, -0.05) is 20.3 Å². The standard InChI is InChI=1S/C10H15F3N2/c1-4-5-7(2)8-6-14-15(3)9(8)10(11,12)13/h6-7H,4-5H2,1-3H3. The average molecular weight is 220 g/mol. The molecule has 0 N–H and O–H groups in total. The summed E-state index contributed by atoms with van der Waals surface area (Å²) in [6.45, 7) is 3.76. The Labute approximate surface area is 87.1 Å². The van der Waals surface area contributed by atoms with E-state index in [0.29, 0.717) is 5.56 Å². The number of rotatable bonds is 3. The van der Waals surface area contributed by atoms with Crippen molar-refractivity contribution in [3.05, 3.63) is 17.5 Å². The van der Waals surface area contributed by atoms with Gasteiger partial charge in [-0.3, -0.25) is 4.68 Å². The molecule has 0 aliphatic rings. The van der Waals surface area contributed by atoms with Gasteiger partial charge >= 0.3 is 6.18 Å². The van der Waals surface area contributed by atoms with Crippen LogP contribution in [0.5, 0.6) is 0 Å². The third-order valence-electron chi connectivity index (χ3n) is 2.49. The largest absolute Gasteiger partial charge is 0.433 e. The summed E-state index contributed by atoms with van der Waals surface area (Å²) in [5.41, 5.74) is -0.324. The molecule has 15 heavy (non-hydrogen) atoms. The third-order valence-corrected chi connectivity index (χ3v) is 2.49. The lowest BCUT2D eigenvalue weighted by atomic mass is 9.97. The Morgan fingerprint density at radius 3 is 2.53 bits per heavy atom. The van der Waals surface area contributed by atoms with E-state index in [1.54, 1.807) is 6.92 Å². The van der Waals surface area contributed by atoms with Gasteiger partial charge in [-0.15, -0.1) is 0 Å². The van der Waals surface area contributed by atoms with Crippen LogP contribution >= 0.6 is 0 Å². The molecule has 1 aromatic rings. The molecule has 0 bridgehead atoms. The maximum absolute atomic E-state index is 12.7. The second kappa shape index (κ2) is 4.24. The number of hydrogen-bond acceptors (Lipinski definition) is 1. The Balaban J connectivity index is 3.09. The Bertz CT molecular complexity index is 328. The summed E-state index contributed by atoms with van der Waals surface area (Å²) in [6.07, 6.45) is -1.38. The lowest BCUT2D eigenvalue weighted by molar-refractivity contribution is -0.144. The van der Waals surface area contributed by atoms with Crippen molar-refractivity contribution in [2.75, 3.05) is 0 Å². The monoisotopic (exact) mass is 220 g/mol. The van der Waals surface area contributed by atoms with Crippen LogP contribution in [0.1, 0.15) is 43.9 Å². The van der Waals surface area contributed by atoms with Crippen LogP contribution in [0.3, 0.4) is 0 Å². The van der Waals surface area contributed by atoms with Crippen LogP contribution < -0.4 is 0 Å². The van der Waals surface area contributed by atoms with Gasteiger partial charge in [0, 0.05) is 12.6 Å². The first-order chi connectivity index (χ1) is 6.88. The van der Waals surface area contributed by atoms with Gasteiger partial charge in [0.15, 0.2) is 0 Å². The van der Waals surface area contributed by atoms with E-state index in [1.165, 1.54) is 13.2 Å². The van der Waals surface area contributed by atoms with Crippen molar-refractivity contribution in [2.45, 2.75) is 38.8 Å². The number of nitrogens with zero attached hydrogens (tertiary/aromatic N) is 2. The van der Waals surface area contributed by atoms with Gasteiger partial charge in [-0.2, -0.15) is 18.3 Å². The van der Waals surface area contributed by atoms with Crippen LogP contribution in [-0.2, 0) is 13.2 Å². The van der Waals surface area contributed by atoms with Crippen molar-refractivity contribution < 1.29 is 13.2 Å². The molecule has 5 heteroatoms. The minimum Gasteiger partial charge on any atom is -0.263 e. The molecule has 0 aliphatic heterocycles. The van der Waals surface area contributed by atoms with Crippen LogP contribution in [0, 0.1) is 0 Å². The van der Waals surface area contributed by atoms with Crippen LogP contribution in [0.15, 0.2) is 6.20 Å². The average Bonchev–Trinajstić information content (AvgIpc) is 2.46. The van der Waals surface area contributed by atoms with Crippen LogP contribution in [-0.4, -0.2) is 9.78 Å². The van der Waals surface area contributed by atoms with E-state index in [4.69, 9.17) is 0 Å². The van der Waals surface area contributed by atoms with Crippen LogP contribution in [0.4, 0.5) is 13.2 Å². The molecule has 1 heterocycles. The molecule has 0 saturated carbocycles. The molecule has 0 aliphatic carbocycles. The second-order valence-corrected chi connectivity index (χ2v) is 3.76. The zero-order valence-corrected chi connectivity index (χ0v) is 9.10. The van der Waals surface area contributed by atoms with E-state index < -0.39 is 11.9 Å². The third kappa shape index (κ3) is 2.52. The van der Waals surface area contributed by atoms with E-state index in [0.717, 1.165) is 17.5 Å². The molecule has 1 rings (SSSR count). The van der Waals surface area contributed by atoms with Crippen LogP contribution in [0.2, 0.25) is 0 Å². The van der Waals surface area contributed by atoms with Crippen molar-refractivity contribution in [3.63, 3.8) is 0 Å². The molecule has 2 nitrogen and oxygen atoms in total. The van der Waals surface area contributed by atoms with Crippen LogP contribution in [0.25, 0.3) is 0 Å². The molecule has 0 aromatic carbocycles. The minimum atomic E-state index is -4.32. The topological polar surface area (TPSA) is 17.8 Å². The van der Waals surface area contributed by atoms with Gasteiger partial charge in [0.05, 0.1) is 6.20 Å². The molecule has 1 aromatic heterocycles. The Hall–Kier alpha value is -1.00. The molecule has 0 amide bonds. The lowest BCUT2D eigenvalue weighted by Crippen LogP contribution is -2.15. The highest BCUT2D eigenvalue weighted by atomic mass is 19.4. The molecule has 1 unspecified atom stereocenters. The smallest absolute Gasteiger partial charge is 0.263 e. The van der Waals surface area contributed by atoms with Crippen molar-refractivity contribution in [2.24, 2.45) is 7.05 Å². The molecule has 0 fully saturated rings. The molecule has 0 radical (unpaired) electrons. The number of aryl methyl sites for hydroxylation is 1. The fourth-order valence-corrected chi connectivity index (χ4v) is 1.75. The summed E-state index contributed by atoms with van der Waals surface area (Å²) in [5, 5.41) is 3.68. The first kappa shape index (κ1) is 12.1. The highest BCUT2D eigenvalue weighted by molar-refractivity contribution is 5.24. The normalized spacial score (nSPS) is 14.3. The highest BCUT2D eigenvalue weighted by Gasteiger charge is 2.38. The van der Waals surface area contributed by atoms with Crippen molar-refractivity contribution in [1.29, 1.82) is 0 Å². The zero-order valence-electron chi connectivity index (χ0n) is 9.10. The summed E-state index contributed by atoms with van der Waals surface area (Å²) in [7, 11) is 1.32. The van der Waals surface area contributed by atoms with E-state index in [-0.39, 0.29) is 5.92 Å². The van der Waals surface area contributed by atoms with Gasteiger partial charge in [0.1, 0.15) is 5.69 Å². The minimum absolute atomic E-state index is 0.0969. The van der Waals surface area contributed by atoms with Crippen molar-refractivity contribution >= 4 is 0 Å². The summed E-state index contributed by atoms with van der Waals surface area (Å²) >= 11 is 0.